The van der Waals surface area contributed by atoms with Gasteiger partial charge in [-0.25, -0.2) is 4.98 Å². The van der Waals surface area contributed by atoms with Crippen molar-refractivity contribution in [3.8, 4) is 11.5 Å². The Hall–Kier alpha value is -3.17. The van der Waals surface area contributed by atoms with Crippen LogP contribution in [0.3, 0.4) is 0 Å². The number of carbonyl (C=O) groups excluding carboxylic acids is 2. The van der Waals surface area contributed by atoms with Crippen LogP contribution >= 0.6 is 15.9 Å². The molecule has 0 spiro atoms. The van der Waals surface area contributed by atoms with Crippen molar-refractivity contribution in [2.24, 2.45) is 0 Å². The number of benzene rings is 1. The van der Waals surface area contributed by atoms with Crippen molar-refractivity contribution >= 4 is 33.4 Å². The van der Waals surface area contributed by atoms with Gasteiger partial charge in [-0.3, -0.25) is 9.59 Å². The van der Waals surface area contributed by atoms with Gasteiger partial charge in [-0.2, -0.15) is 0 Å². The number of nitrogens with zero attached hydrogens (tertiary/aromatic N) is 1. The molecule has 180 valence electrons. The van der Waals surface area contributed by atoms with Gasteiger partial charge in [-0.05, 0) is 72.4 Å². The topological polar surface area (TPSA) is 121 Å². The van der Waals surface area contributed by atoms with Gasteiger partial charge in [0.15, 0.2) is 17.3 Å². The minimum absolute atomic E-state index is 0.00452. The maximum absolute atomic E-state index is 13.4. The van der Waals surface area contributed by atoms with Gasteiger partial charge in [0.1, 0.15) is 5.82 Å². The summed E-state index contributed by atoms with van der Waals surface area (Å²) in [5.74, 6) is -0.213. The fourth-order valence-electron chi connectivity index (χ4n) is 4.12. The summed E-state index contributed by atoms with van der Waals surface area (Å²) < 4.78 is 6.07. The molecule has 8 nitrogen and oxygen atoms in total. The summed E-state index contributed by atoms with van der Waals surface area (Å²) in [6.45, 7) is 3.76. The molecule has 1 unspecified atom stereocenters. The number of methoxy groups -OCH3 is 1. The number of pyridine rings is 1. The molecule has 1 aromatic carbocycles. The van der Waals surface area contributed by atoms with E-state index >= 15 is 0 Å². The quantitative estimate of drug-likeness (QED) is 0.469. The number of hydrogen-bond donors (Lipinski definition) is 4. The molecule has 9 heteroatoms. The van der Waals surface area contributed by atoms with Gasteiger partial charge in [-0.1, -0.05) is 6.07 Å². The molecule has 0 saturated carbocycles. The normalized spacial score (nSPS) is 17.3. The number of hydrogen-bond acceptors (Lipinski definition) is 7. The van der Waals surface area contributed by atoms with Crippen LogP contribution in [0, 0.1) is 0 Å². The Morgan fingerprint density at radius 3 is 2.68 bits per heavy atom. The van der Waals surface area contributed by atoms with Crippen LogP contribution in [0.1, 0.15) is 44.6 Å². The van der Waals surface area contributed by atoms with Crippen LogP contribution in [0.25, 0.3) is 0 Å². The van der Waals surface area contributed by atoms with Crippen molar-refractivity contribution < 1.29 is 24.5 Å². The Balaban J connectivity index is 0.00000103. The number of aromatic nitrogens is 1. The zero-order valence-corrected chi connectivity index (χ0v) is 20.9. The first-order valence-electron chi connectivity index (χ1n) is 10.9. The number of nitrogens with one attached hydrogen (secondary N) is 2. The molecule has 2 aromatic rings. The predicted octanol–water partition coefficient (Wildman–Crippen LogP) is 4.16. The fraction of sp³-hybridized carbons (Fsp3) is 0.320. The third-order valence-corrected chi connectivity index (χ3v) is 6.00. The lowest BCUT2D eigenvalue weighted by molar-refractivity contribution is -0.116. The van der Waals surface area contributed by atoms with Crippen molar-refractivity contribution in [2.45, 2.75) is 39.0 Å². The lowest BCUT2D eigenvalue weighted by atomic mass is 9.75. The first-order chi connectivity index (χ1) is 16.3. The largest absolute Gasteiger partial charge is 0.504 e. The molecule has 1 aliphatic carbocycles. The van der Waals surface area contributed by atoms with Crippen LogP contribution in [0.5, 0.6) is 11.5 Å². The standard InChI is InChI=1S/C23H22BrN3O4.C2H6O/c1-12-20(23(30)27-19-9-7-14(24)11-25-19)21(13-6-8-16(28)18(10-13)31-2)22-15(26-12)4-3-5-17(22)29;1-2-3/h6-11,21,26,28H,3-5H2,1-2H3,(H,25,27,30);3H,2H2,1H3. The highest BCUT2D eigenvalue weighted by atomic mass is 79.9. The Morgan fingerprint density at radius 2 is 2.03 bits per heavy atom. The van der Waals surface area contributed by atoms with Crippen molar-refractivity contribution in [1.82, 2.24) is 10.3 Å². The number of ketones is 1. The molecule has 1 aromatic heterocycles. The summed E-state index contributed by atoms with van der Waals surface area (Å²) in [5, 5.41) is 23.7. The molecule has 0 saturated heterocycles. The van der Waals surface area contributed by atoms with Crippen molar-refractivity contribution in [1.29, 1.82) is 0 Å². The number of Topliss-reactive ketones (excluding diaryl/α,β-unsaturated/α-hetero) is 1. The summed E-state index contributed by atoms with van der Waals surface area (Å²) in [6, 6.07) is 8.40. The van der Waals surface area contributed by atoms with Gasteiger partial charge in [0, 0.05) is 52.2 Å². The van der Waals surface area contributed by atoms with Crippen LogP contribution in [-0.2, 0) is 9.59 Å². The molecule has 0 bridgehead atoms. The second-order valence-electron chi connectivity index (χ2n) is 7.83. The SMILES string of the molecule is CCO.COc1cc(C2C(C(=O)Nc3ccc(Br)cn3)=C(C)NC3=C2C(=O)CCC3)ccc1O. The van der Waals surface area contributed by atoms with Gasteiger partial charge < -0.3 is 25.6 Å². The number of rotatable bonds is 4. The number of phenolic OH excluding ortho intramolecular Hbond substituents is 1. The van der Waals surface area contributed by atoms with Crippen LogP contribution in [0.2, 0.25) is 0 Å². The summed E-state index contributed by atoms with van der Waals surface area (Å²) in [6.07, 6.45) is 3.55. The predicted molar refractivity (Wildman–Crippen MR) is 132 cm³/mol. The monoisotopic (exact) mass is 529 g/mol. The number of allylic oxidation sites excluding steroid dienone is 3. The van der Waals surface area contributed by atoms with Crippen molar-refractivity contribution in [2.75, 3.05) is 19.0 Å². The minimum atomic E-state index is -0.575. The van der Waals surface area contributed by atoms with Crippen LogP contribution in [-0.4, -0.2) is 40.6 Å². The van der Waals surface area contributed by atoms with Crippen molar-refractivity contribution in [3.05, 3.63) is 69.1 Å². The number of dihydropyridines is 1. The first-order valence-corrected chi connectivity index (χ1v) is 11.7. The van der Waals surface area contributed by atoms with E-state index in [2.05, 4.69) is 31.5 Å². The highest BCUT2D eigenvalue weighted by Crippen LogP contribution is 2.44. The zero-order chi connectivity index (χ0) is 24.8. The summed E-state index contributed by atoms with van der Waals surface area (Å²) in [5.41, 5.74) is 3.27. The average molecular weight is 530 g/mol. The third-order valence-electron chi connectivity index (χ3n) is 5.53. The molecule has 2 aliphatic rings. The van der Waals surface area contributed by atoms with Gasteiger partial charge in [0.25, 0.3) is 5.91 Å². The molecule has 1 amide bonds. The second kappa shape index (κ2) is 11.3. The van der Waals surface area contributed by atoms with E-state index in [0.29, 0.717) is 34.6 Å². The Labute approximate surface area is 206 Å². The Morgan fingerprint density at radius 1 is 1.29 bits per heavy atom. The average Bonchev–Trinajstić information content (AvgIpc) is 2.80. The van der Waals surface area contributed by atoms with Gasteiger partial charge in [0.05, 0.1) is 7.11 Å². The zero-order valence-electron chi connectivity index (χ0n) is 19.3. The third kappa shape index (κ3) is 5.48. The maximum atomic E-state index is 13.4. The maximum Gasteiger partial charge on any atom is 0.255 e. The number of phenols is 1. The number of halogens is 1. The van der Waals surface area contributed by atoms with E-state index in [1.165, 1.54) is 13.2 Å². The molecular formula is C25H28BrN3O5. The molecule has 2 heterocycles. The van der Waals surface area contributed by atoms with E-state index in [4.69, 9.17) is 9.84 Å². The van der Waals surface area contributed by atoms with E-state index in [0.717, 1.165) is 23.0 Å². The van der Waals surface area contributed by atoms with E-state index in [1.807, 2.05) is 6.92 Å². The molecule has 1 aliphatic heterocycles. The van der Waals surface area contributed by atoms with E-state index in [9.17, 15) is 14.7 Å². The van der Waals surface area contributed by atoms with Gasteiger partial charge in [-0.15, -0.1) is 0 Å². The minimum Gasteiger partial charge on any atom is -0.504 e. The number of aromatic hydroxyl groups is 1. The number of aliphatic hydroxyl groups is 1. The van der Waals surface area contributed by atoms with Crippen LogP contribution in [0.15, 0.2) is 63.5 Å². The van der Waals surface area contributed by atoms with Gasteiger partial charge in [0.2, 0.25) is 0 Å². The lowest BCUT2D eigenvalue weighted by Gasteiger charge is -2.34. The highest BCUT2D eigenvalue weighted by molar-refractivity contribution is 9.10. The van der Waals surface area contributed by atoms with E-state index in [-0.39, 0.29) is 29.8 Å². The number of anilines is 1. The summed E-state index contributed by atoms with van der Waals surface area (Å²) >= 11 is 3.33. The highest BCUT2D eigenvalue weighted by Gasteiger charge is 2.38. The lowest BCUT2D eigenvalue weighted by Crippen LogP contribution is -2.35. The molecule has 34 heavy (non-hydrogen) atoms. The Kier molecular flexibility index (Phi) is 8.46. The molecule has 0 radical (unpaired) electrons. The van der Waals surface area contributed by atoms with Gasteiger partial charge >= 0.3 is 0 Å². The van der Waals surface area contributed by atoms with Crippen molar-refractivity contribution in [3.63, 3.8) is 0 Å². The summed E-state index contributed by atoms with van der Waals surface area (Å²) in [4.78, 5) is 30.5. The van der Waals surface area contributed by atoms with E-state index < -0.39 is 5.92 Å². The summed E-state index contributed by atoms with van der Waals surface area (Å²) in [7, 11) is 1.46. The number of carbonyl (C=O) groups is 2. The molecule has 4 rings (SSSR count). The first kappa shape index (κ1) is 25.5. The molecule has 1 atom stereocenters. The molecular weight excluding hydrogens is 502 g/mol. The smallest absolute Gasteiger partial charge is 0.255 e. The fourth-order valence-corrected chi connectivity index (χ4v) is 4.36. The number of ether oxygens (including phenoxy) is 1. The Bertz CT molecular complexity index is 1140. The number of aliphatic hydroxyl groups excluding tert-OH is 1. The molecule has 0 fully saturated rings. The van der Waals surface area contributed by atoms with Crippen LogP contribution in [0.4, 0.5) is 5.82 Å². The molecule has 4 N–H and O–H groups in total. The van der Waals surface area contributed by atoms with E-state index in [1.54, 1.807) is 37.4 Å². The van der Waals surface area contributed by atoms with Crippen LogP contribution < -0.4 is 15.4 Å². The second-order valence-corrected chi connectivity index (χ2v) is 8.74. The number of amides is 1.